The lowest BCUT2D eigenvalue weighted by Gasteiger charge is -2.04. The Morgan fingerprint density at radius 2 is 2.06 bits per heavy atom. The van der Waals surface area contributed by atoms with Crippen LogP contribution in [0.3, 0.4) is 0 Å². The molecule has 1 aromatic carbocycles. The normalized spacial score (nSPS) is 9.78. The Morgan fingerprint density at radius 3 is 2.67 bits per heavy atom. The van der Waals surface area contributed by atoms with Crippen LogP contribution >= 0.6 is 23.1 Å². The average molecular weight is 274 g/mol. The van der Waals surface area contributed by atoms with Crippen molar-refractivity contribution in [2.75, 3.05) is 11.6 Å². The van der Waals surface area contributed by atoms with Crippen LogP contribution in [0.25, 0.3) is 0 Å². The van der Waals surface area contributed by atoms with Gasteiger partial charge in [-0.2, -0.15) is 5.26 Å². The molecule has 0 aliphatic rings. The van der Waals surface area contributed by atoms with Gasteiger partial charge in [0.25, 0.3) is 5.91 Å². The van der Waals surface area contributed by atoms with Crippen molar-refractivity contribution in [2.24, 2.45) is 0 Å². The van der Waals surface area contributed by atoms with E-state index in [1.807, 2.05) is 24.5 Å². The maximum Gasteiger partial charge on any atom is 0.256 e. The fourth-order valence-electron chi connectivity index (χ4n) is 1.41. The van der Waals surface area contributed by atoms with E-state index in [1.165, 1.54) is 11.3 Å². The molecule has 3 nitrogen and oxygen atoms in total. The Labute approximate surface area is 113 Å². The molecule has 1 amide bonds. The molecular weight excluding hydrogens is 264 g/mol. The molecule has 18 heavy (non-hydrogen) atoms. The zero-order valence-corrected chi connectivity index (χ0v) is 11.3. The number of thioether (sulfide) groups is 1. The van der Waals surface area contributed by atoms with Gasteiger partial charge in [0.15, 0.2) is 0 Å². The number of carbonyl (C=O) groups is 1. The van der Waals surface area contributed by atoms with Crippen LogP contribution in [0.4, 0.5) is 5.00 Å². The van der Waals surface area contributed by atoms with Gasteiger partial charge in [0.05, 0.1) is 5.56 Å². The van der Waals surface area contributed by atoms with E-state index in [-0.39, 0.29) is 5.91 Å². The summed E-state index contributed by atoms with van der Waals surface area (Å²) in [6, 6.07) is 11.1. The number of nitrogens with one attached hydrogen (secondary N) is 1. The summed E-state index contributed by atoms with van der Waals surface area (Å²) >= 11 is 2.97. The Morgan fingerprint density at radius 1 is 1.33 bits per heavy atom. The summed E-state index contributed by atoms with van der Waals surface area (Å²) in [6.45, 7) is 0. The number of hydrogen-bond donors (Lipinski definition) is 1. The van der Waals surface area contributed by atoms with Crippen molar-refractivity contribution < 1.29 is 4.79 Å². The van der Waals surface area contributed by atoms with Crippen molar-refractivity contribution in [3.63, 3.8) is 0 Å². The monoisotopic (exact) mass is 274 g/mol. The first kappa shape index (κ1) is 12.7. The van der Waals surface area contributed by atoms with Crippen molar-refractivity contribution >= 4 is 34.0 Å². The van der Waals surface area contributed by atoms with Crippen molar-refractivity contribution in [1.29, 1.82) is 5.26 Å². The maximum absolute atomic E-state index is 12.0. The Kier molecular flexibility index (Phi) is 4.03. The van der Waals surface area contributed by atoms with Gasteiger partial charge in [-0.15, -0.1) is 23.1 Å². The lowest BCUT2D eigenvalue weighted by atomic mass is 10.2. The average Bonchev–Trinajstić information content (AvgIpc) is 2.86. The van der Waals surface area contributed by atoms with Gasteiger partial charge in [-0.25, -0.2) is 0 Å². The van der Waals surface area contributed by atoms with Gasteiger partial charge < -0.3 is 5.32 Å². The summed E-state index contributed by atoms with van der Waals surface area (Å²) in [6.07, 6.45) is 1.99. The van der Waals surface area contributed by atoms with Crippen LogP contribution in [0.1, 0.15) is 15.9 Å². The third-order valence-corrected chi connectivity index (χ3v) is 3.94. The quantitative estimate of drug-likeness (QED) is 0.870. The highest BCUT2D eigenvalue weighted by Gasteiger charge is 2.09. The van der Waals surface area contributed by atoms with Crippen LogP contribution in [-0.2, 0) is 0 Å². The fourth-order valence-corrected chi connectivity index (χ4v) is 2.55. The minimum atomic E-state index is -0.193. The molecule has 2 aromatic rings. The predicted molar refractivity (Wildman–Crippen MR) is 75.2 cm³/mol. The summed E-state index contributed by atoms with van der Waals surface area (Å²) in [5.74, 6) is -0.193. The molecule has 0 aliphatic heterocycles. The molecule has 0 saturated carbocycles. The number of amides is 1. The molecule has 0 atom stereocenters. The van der Waals surface area contributed by atoms with Crippen LogP contribution < -0.4 is 5.32 Å². The van der Waals surface area contributed by atoms with Crippen LogP contribution in [-0.4, -0.2) is 12.2 Å². The van der Waals surface area contributed by atoms with Crippen LogP contribution in [0, 0.1) is 11.3 Å². The lowest BCUT2D eigenvalue weighted by molar-refractivity contribution is 0.102. The number of anilines is 1. The van der Waals surface area contributed by atoms with Crippen LogP contribution in [0.15, 0.2) is 40.6 Å². The minimum absolute atomic E-state index is 0.193. The second kappa shape index (κ2) is 5.71. The van der Waals surface area contributed by atoms with E-state index in [1.54, 1.807) is 35.3 Å². The van der Waals surface area contributed by atoms with Gasteiger partial charge in [-0.3, -0.25) is 4.79 Å². The van der Waals surface area contributed by atoms with E-state index in [9.17, 15) is 4.79 Å². The van der Waals surface area contributed by atoms with Crippen LogP contribution in [0.5, 0.6) is 0 Å². The van der Waals surface area contributed by atoms with Gasteiger partial charge in [0.1, 0.15) is 11.1 Å². The highest BCUT2D eigenvalue weighted by Crippen LogP contribution is 2.23. The third-order valence-electron chi connectivity index (χ3n) is 2.36. The van der Waals surface area contributed by atoms with Gasteiger partial charge in [-0.05, 0) is 42.0 Å². The Hall–Kier alpha value is -1.77. The van der Waals surface area contributed by atoms with Crippen molar-refractivity contribution in [3.8, 4) is 6.07 Å². The molecule has 0 fully saturated rings. The number of nitrogens with zero attached hydrogens (tertiary/aromatic N) is 1. The Balaban J connectivity index is 2.15. The molecular formula is C13H10N2OS2. The van der Waals surface area contributed by atoms with Gasteiger partial charge in [0, 0.05) is 10.5 Å². The van der Waals surface area contributed by atoms with E-state index < -0.39 is 0 Å². The summed E-state index contributed by atoms with van der Waals surface area (Å²) < 4.78 is 0. The third kappa shape index (κ3) is 2.73. The van der Waals surface area contributed by atoms with Crippen LogP contribution in [0.2, 0.25) is 0 Å². The molecule has 0 aliphatic carbocycles. The molecule has 0 unspecified atom stereocenters. The van der Waals surface area contributed by atoms with E-state index in [0.717, 1.165) is 4.90 Å². The van der Waals surface area contributed by atoms with Crippen molar-refractivity contribution in [1.82, 2.24) is 0 Å². The predicted octanol–water partition coefficient (Wildman–Crippen LogP) is 3.59. The zero-order valence-electron chi connectivity index (χ0n) is 9.64. The van der Waals surface area contributed by atoms with Gasteiger partial charge in [-0.1, -0.05) is 0 Å². The number of rotatable bonds is 3. The maximum atomic E-state index is 12.0. The first-order valence-corrected chi connectivity index (χ1v) is 7.28. The second-order valence-corrected chi connectivity index (χ2v) is 5.25. The Bertz CT molecular complexity index is 596. The van der Waals surface area contributed by atoms with E-state index in [2.05, 4.69) is 5.32 Å². The van der Waals surface area contributed by atoms with E-state index in [4.69, 9.17) is 5.26 Å². The van der Waals surface area contributed by atoms with E-state index in [0.29, 0.717) is 16.1 Å². The molecule has 1 aromatic heterocycles. The van der Waals surface area contributed by atoms with Gasteiger partial charge in [0.2, 0.25) is 0 Å². The molecule has 5 heteroatoms. The highest BCUT2D eigenvalue weighted by molar-refractivity contribution is 7.98. The topological polar surface area (TPSA) is 52.9 Å². The molecule has 0 saturated heterocycles. The zero-order chi connectivity index (χ0) is 13.0. The number of carbonyl (C=O) groups excluding carboxylic acids is 1. The fraction of sp³-hybridized carbons (Fsp3) is 0.0769. The van der Waals surface area contributed by atoms with Crippen molar-refractivity contribution in [2.45, 2.75) is 4.90 Å². The standard InChI is InChI=1S/C13H10N2OS2/c1-17-11-4-2-9(3-5-11)12(16)15-13-10(8-14)6-7-18-13/h2-7H,1H3,(H,15,16). The largest absolute Gasteiger partial charge is 0.312 e. The van der Waals surface area contributed by atoms with Crippen molar-refractivity contribution in [3.05, 3.63) is 46.8 Å². The first-order valence-electron chi connectivity index (χ1n) is 5.17. The molecule has 1 N–H and O–H groups in total. The molecule has 2 rings (SSSR count). The molecule has 0 spiro atoms. The summed E-state index contributed by atoms with van der Waals surface area (Å²) in [5, 5.41) is 14.0. The minimum Gasteiger partial charge on any atom is -0.312 e. The molecule has 0 radical (unpaired) electrons. The number of benzene rings is 1. The van der Waals surface area contributed by atoms with Gasteiger partial charge >= 0.3 is 0 Å². The smallest absolute Gasteiger partial charge is 0.256 e. The number of hydrogen-bond acceptors (Lipinski definition) is 4. The second-order valence-electron chi connectivity index (χ2n) is 3.46. The molecule has 90 valence electrons. The number of thiophene rings is 1. The summed E-state index contributed by atoms with van der Waals surface area (Å²) in [5.41, 5.74) is 1.08. The SMILES string of the molecule is CSc1ccc(C(=O)Nc2sccc2C#N)cc1. The first-order chi connectivity index (χ1) is 8.74. The summed E-state index contributed by atoms with van der Waals surface area (Å²) in [4.78, 5) is 13.1. The summed E-state index contributed by atoms with van der Waals surface area (Å²) in [7, 11) is 0. The lowest BCUT2D eigenvalue weighted by Crippen LogP contribution is -2.11. The molecule has 1 heterocycles. The highest BCUT2D eigenvalue weighted by atomic mass is 32.2. The number of nitriles is 1. The molecule has 0 bridgehead atoms. The van der Waals surface area contributed by atoms with E-state index >= 15 is 0 Å².